The molecule has 0 aliphatic heterocycles. The maximum Gasteiger partial charge on any atom is 0.341 e. The number of benzene rings is 1. The Balaban J connectivity index is 2.64. The third-order valence-corrected chi connectivity index (χ3v) is 2.60. The number of unbranched alkanes of at least 4 members (excludes halogenated alkanes) is 2. The minimum Gasteiger partial charge on any atom is -0.496 e. The molecule has 0 N–H and O–H groups in total. The van der Waals surface area contributed by atoms with Gasteiger partial charge in [-0.2, -0.15) is 0 Å². The first-order valence-electron chi connectivity index (χ1n) is 5.69. The van der Waals surface area contributed by atoms with E-state index in [2.05, 4.69) is 6.92 Å². The summed E-state index contributed by atoms with van der Waals surface area (Å²) in [5.74, 6) is 0.0929. The molecule has 1 aromatic carbocycles. The summed E-state index contributed by atoms with van der Waals surface area (Å²) < 4.78 is 10.2. The molecule has 3 nitrogen and oxygen atoms in total. The van der Waals surface area contributed by atoms with E-state index in [1.807, 2.05) is 0 Å². The average molecular weight is 257 g/mol. The third kappa shape index (κ3) is 4.27. The second-order valence-electron chi connectivity index (χ2n) is 3.69. The van der Waals surface area contributed by atoms with Crippen LogP contribution in [0.2, 0.25) is 5.02 Å². The molecule has 94 valence electrons. The SMILES string of the molecule is CCCCCOC(=O)c1cc(Cl)ccc1OC. The molecule has 17 heavy (non-hydrogen) atoms. The van der Waals surface area contributed by atoms with Crippen molar-refractivity contribution >= 4 is 17.6 Å². The molecule has 0 aliphatic carbocycles. The van der Waals surface area contributed by atoms with E-state index in [4.69, 9.17) is 21.1 Å². The van der Waals surface area contributed by atoms with Gasteiger partial charge < -0.3 is 9.47 Å². The predicted octanol–water partition coefficient (Wildman–Crippen LogP) is 3.70. The summed E-state index contributed by atoms with van der Waals surface area (Å²) >= 11 is 5.84. The fourth-order valence-corrected chi connectivity index (χ4v) is 1.61. The van der Waals surface area contributed by atoms with Crippen LogP contribution in [0.25, 0.3) is 0 Å². The van der Waals surface area contributed by atoms with Crippen molar-refractivity contribution in [1.82, 2.24) is 0 Å². The van der Waals surface area contributed by atoms with Gasteiger partial charge in [0.15, 0.2) is 0 Å². The second kappa shape index (κ2) is 7.17. The summed E-state index contributed by atoms with van der Waals surface area (Å²) in [6.45, 7) is 2.53. The molecule has 1 aromatic rings. The summed E-state index contributed by atoms with van der Waals surface area (Å²) in [5, 5.41) is 0.492. The van der Waals surface area contributed by atoms with Crippen molar-refractivity contribution in [2.24, 2.45) is 0 Å². The first-order chi connectivity index (χ1) is 8.19. The van der Waals surface area contributed by atoms with Crippen molar-refractivity contribution in [3.8, 4) is 5.75 Å². The van der Waals surface area contributed by atoms with E-state index in [1.165, 1.54) is 7.11 Å². The van der Waals surface area contributed by atoms with E-state index in [0.29, 0.717) is 22.9 Å². The monoisotopic (exact) mass is 256 g/mol. The van der Waals surface area contributed by atoms with Gasteiger partial charge in [0.05, 0.1) is 13.7 Å². The lowest BCUT2D eigenvalue weighted by Gasteiger charge is -2.08. The van der Waals surface area contributed by atoms with Gasteiger partial charge in [0, 0.05) is 5.02 Å². The predicted molar refractivity (Wildman–Crippen MR) is 67.8 cm³/mol. The van der Waals surface area contributed by atoms with Crippen LogP contribution in [0, 0.1) is 0 Å². The zero-order valence-corrected chi connectivity index (χ0v) is 10.9. The van der Waals surface area contributed by atoms with Crippen LogP contribution in [0.4, 0.5) is 0 Å². The molecule has 0 atom stereocenters. The quantitative estimate of drug-likeness (QED) is 0.575. The van der Waals surface area contributed by atoms with Crippen LogP contribution >= 0.6 is 11.6 Å². The molecule has 0 radical (unpaired) electrons. The minimum atomic E-state index is -0.388. The van der Waals surface area contributed by atoms with Gasteiger partial charge in [0.25, 0.3) is 0 Å². The normalized spacial score (nSPS) is 10.1. The molecule has 0 fully saturated rings. The van der Waals surface area contributed by atoms with Crippen molar-refractivity contribution in [3.05, 3.63) is 28.8 Å². The van der Waals surface area contributed by atoms with Crippen molar-refractivity contribution in [2.75, 3.05) is 13.7 Å². The molecule has 0 saturated heterocycles. The first-order valence-corrected chi connectivity index (χ1v) is 6.07. The first kappa shape index (κ1) is 13.8. The Morgan fingerprint density at radius 1 is 1.35 bits per heavy atom. The maximum atomic E-state index is 11.8. The Morgan fingerprint density at radius 3 is 2.76 bits per heavy atom. The van der Waals surface area contributed by atoms with Crippen LogP contribution in [-0.4, -0.2) is 19.7 Å². The lowest BCUT2D eigenvalue weighted by molar-refractivity contribution is 0.0494. The second-order valence-corrected chi connectivity index (χ2v) is 4.12. The number of carbonyl (C=O) groups excluding carboxylic acids is 1. The number of methoxy groups -OCH3 is 1. The van der Waals surface area contributed by atoms with Crippen molar-refractivity contribution < 1.29 is 14.3 Å². The maximum absolute atomic E-state index is 11.8. The summed E-state index contributed by atoms with van der Waals surface area (Å²) in [4.78, 5) is 11.8. The Morgan fingerprint density at radius 2 is 2.12 bits per heavy atom. The van der Waals surface area contributed by atoms with Crippen LogP contribution in [0.3, 0.4) is 0 Å². The standard InChI is InChI=1S/C13H17ClO3/c1-3-4-5-8-17-13(15)11-9-10(14)6-7-12(11)16-2/h6-7,9H,3-5,8H2,1-2H3. The van der Waals surface area contributed by atoms with Gasteiger partial charge in [-0.1, -0.05) is 31.4 Å². The minimum absolute atomic E-state index is 0.372. The number of rotatable bonds is 6. The van der Waals surface area contributed by atoms with Gasteiger partial charge in [-0.15, -0.1) is 0 Å². The number of esters is 1. The zero-order chi connectivity index (χ0) is 12.7. The highest BCUT2D eigenvalue weighted by atomic mass is 35.5. The smallest absolute Gasteiger partial charge is 0.341 e. The van der Waals surface area contributed by atoms with E-state index >= 15 is 0 Å². The zero-order valence-electron chi connectivity index (χ0n) is 10.2. The number of halogens is 1. The Kier molecular flexibility index (Phi) is 5.84. The molecule has 0 bridgehead atoms. The van der Waals surface area contributed by atoms with E-state index in [0.717, 1.165) is 19.3 Å². The van der Waals surface area contributed by atoms with Crippen LogP contribution in [0.5, 0.6) is 5.75 Å². The molecule has 0 spiro atoms. The van der Waals surface area contributed by atoms with Crippen LogP contribution < -0.4 is 4.74 Å². The summed E-state index contributed by atoms with van der Waals surface area (Å²) in [5.41, 5.74) is 0.372. The van der Waals surface area contributed by atoms with Gasteiger partial charge in [-0.3, -0.25) is 0 Å². The van der Waals surface area contributed by atoms with Gasteiger partial charge in [-0.05, 0) is 24.6 Å². The highest BCUT2D eigenvalue weighted by Gasteiger charge is 2.13. The molecule has 1 rings (SSSR count). The van der Waals surface area contributed by atoms with Gasteiger partial charge in [-0.25, -0.2) is 4.79 Å². The van der Waals surface area contributed by atoms with E-state index < -0.39 is 0 Å². The van der Waals surface area contributed by atoms with Crippen molar-refractivity contribution in [1.29, 1.82) is 0 Å². The fraction of sp³-hybridized carbons (Fsp3) is 0.462. The lowest BCUT2D eigenvalue weighted by Crippen LogP contribution is -2.08. The number of hydrogen-bond donors (Lipinski definition) is 0. The van der Waals surface area contributed by atoms with E-state index in [1.54, 1.807) is 18.2 Å². The fourth-order valence-electron chi connectivity index (χ4n) is 1.43. The number of hydrogen-bond acceptors (Lipinski definition) is 3. The summed E-state index contributed by atoms with van der Waals surface area (Å²) in [7, 11) is 1.51. The molecule has 4 heteroatoms. The molecular weight excluding hydrogens is 240 g/mol. The van der Waals surface area contributed by atoms with Crippen LogP contribution in [-0.2, 0) is 4.74 Å². The topological polar surface area (TPSA) is 35.5 Å². The van der Waals surface area contributed by atoms with E-state index in [-0.39, 0.29) is 5.97 Å². The van der Waals surface area contributed by atoms with Gasteiger partial charge >= 0.3 is 5.97 Å². The third-order valence-electron chi connectivity index (χ3n) is 2.36. The highest BCUT2D eigenvalue weighted by Crippen LogP contribution is 2.23. The molecule has 0 aliphatic rings. The van der Waals surface area contributed by atoms with E-state index in [9.17, 15) is 4.79 Å². The lowest BCUT2D eigenvalue weighted by atomic mass is 10.2. The van der Waals surface area contributed by atoms with Crippen LogP contribution in [0.15, 0.2) is 18.2 Å². The Labute approximate surface area is 107 Å². The molecule has 0 heterocycles. The summed E-state index contributed by atoms with van der Waals surface area (Å²) in [6.07, 6.45) is 3.03. The Hall–Kier alpha value is -1.22. The van der Waals surface area contributed by atoms with Gasteiger partial charge in [0.1, 0.15) is 11.3 Å². The molecule has 0 amide bonds. The highest BCUT2D eigenvalue weighted by molar-refractivity contribution is 6.31. The number of carbonyl (C=O) groups is 1. The average Bonchev–Trinajstić information content (AvgIpc) is 2.34. The molecule has 0 aromatic heterocycles. The summed E-state index contributed by atoms with van der Waals surface area (Å²) in [6, 6.07) is 4.89. The molecular formula is C13H17ClO3. The number of ether oxygens (including phenoxy) is 2. The van der Waals surface area contributed by atoms with Gasteiger partial charge in [0.2, 0.25) is 0 Å². The molecule has 0 unspecified atom stereocenters. The van der Waals surface area contributed by atoms with Crippen molar-refractivity contribution in [3.63, 3.8) is 0 Å². The largest absolute Gasteiger partial charge is 0.496 e. The Bertz CT molecular complexity index is 377. The van der Waals surface area contributed by atoms with Crippen molar-refractivity contribution in [2.45, 2.75) is 26.2 Å². The van der Waals surface area contributed by atoms with Crippen LogP contribution in [0.1, 0.15) is 36.5 Å². The molecule has 0 saturated carbocycles.